The first-order chi connectivity index (χ1) is 13.0. The lowest BCUT2D eigenvalue weighted by Crippen LogP contribution is -2.42. The van der Waals surface area contributed by atoms with Crippen LogP contribution in [0.1, 0.15) is 0 Å². The third kappa shape index (κ3) is 2.78. The molecule has 0 atom stereocenters. The Balaban J connectivity index is 1.67. The minimum absolute atomic E-state index is 0.261. The number of pyridine rings is 1. The third-order valence-electron chi connectivity index (χ3n) is 4.38. The molecule has 0 spiro atoms. The molecule has 0 radical (unpaired) electrons. The Hall–Kier alpha value is -3.75. The molecular weight excluding hydrogens is 348 g/mol. The number of anilines is 1. The number of hydrogen-bond acceptors (Lipinski definition) is 5. The van der Waals surface area contributed by atoms with Gasteiger partial charge in [-0.25, -0.2) is 14.3 Å². The second-order valence-corrected chi connectivity index (χ2v) is 6.23. The molecule has 3 heterocycles. The van der Waals surface area contributed by atoms with Crippen LogP contribution < -0.4 is 16.6 Å². The van der Waals surface area contributed by atoms with Gasteiger partial charge in [0, 0.05) is 19.5 Å². The molecule has 136 valence electrons. The van der Waals surface area contributed by atoms with Gasteiger partial charge in [-0.1, -0.05) is 18.2 Å². The van der Waals surface area contributed by atoms with Crippen molar-refractivity contribution in [2.75, 3.05) is 5.32 Å². The predicted octanol–water partition coefficient (Wildman–Crippen LogP) is 0.621. The van der Waals surface area contributed by atoms with Crippen molar-refractivity contribution >= 4 is 33.7 Å². The molecule has 4 aromatic rings. The molecular formula is C18H16N6O3. The van der Waals surface area contributed by atoms with E-state index in [1.807, 2.05) is 24.3 Å². The summed E-state index contributed by atoms with van der Waals surface area (Å²) in [6.45, 7) is -0.403. The van der Waals surface area contributed by atoms with E-state index >= 15 is 0 Å². The van der Waals surface area contributed by atoms with Crippen LogP contribution in [-0.4, -0.2) is 29.6 Å². The number of carbonyl (C=O) groups excluding carboxylic acids is 1. The zero-order valence-electron chi connectivity index (χ0n) is 14.7. The van der Waals surface area contributed by atoms with E-state index in [2.05, 4.69) is 15.3 Å². The number of amides is 1. The van der Waals surface area contributed by atoms with Gasteiger partial charge in [0.05, 0.1) is 23.7 Å². The minimum atomic E-state index is -0.599. The first-order valence-corrected chi connectivity index (χ1v) is 8.21. The van der Waals surface area contributed by atoms with Crippen molar-refractivity contribution in [2.24, 2.45) is 14.1 Å². The van der Waals surface area contributed by atoms with Gasteiger partial charge in [0.15, 0.2) is 11.2 Å². The van der Waals surface area contributed by atoms with Crippen LogP contribution in [0.5, 0.6) is 0 Å². The number of carbonyl (C=O) groups is 1. The van der Waals surface area contributed by atoms with Gasteiger partial charge in [-0.15, -0.1) is 0 Å². The van der Waals surface area contributed by atoms with Crippen LogP contribution in [0.2, 0.25) is 0 Å². The second-order valence-electron chi connectivity index (χ2n) is 6.23. The van der Waals surface area contributed by atoms with Crippen molar-refractivity contribution in [3.05, 3.63) is 63.7 Å². The highest BCUT2D eigenvalue weighted by Gasteiger charge is 2.17. The highest BCUT2D eigenvalue weighted by molar-refractivity contribution is 5.93. The lowest BCUT2D eigenvalue weighted by molar-refractivity contribution is -0.116. The van der Waals surface area contributed by atoms with Gasteiger partial charge in [-0.05, 0) is 12.1 Å². The fraction of sp³-hybridized carbons (Fsp3) is 0.167. The third-order valence-corrected chi connectivity index (χ3v) is 4.38. The number of imidazole rings is 1. The van der Waals surface area contributed by atoms with Crippen LogP contribution in [0.25, 0.3) is 22.1 Å². The second kappa shape index (κ2) is 6.20. The summed E-state index contributed by atoms with van der Waals surface area (Å²) >= 11 is 0. The Morgan fingerprint density at radius 3 is 2.74 bits per heavy atom. The van der Waals surface area contributed by atoms with Gasteiger partial charge in [0.2, 0.25) is 5.91 Å². The fourth-order valence-electron chi connectivity index (χ4n) is 3.02. The molecule has 1 N–H and O–H groups in total. The van der Waals surface area contributed by atoms with E-state index < -0.39 is 23.7 Å². The smallest absolute Gasteiger partial charge is 0.328 e. The Labute approximate surface area is 152 Å². The van der Waals surface area contributed by atoms with E-state index in [9.17, 15) is 14.4 Å². The molecule has 0 bridgehead atoms. The first kappa shape index (κ1) is 16.7. The number of nitrogens with zero attached hydrogens (tertiary/aromatic N) is 5. The number of aromatic nitrogens is 5. The SMILES string of the molecule is Cn1cnc2c1c(=O)n(CC(=O)Nc1cnc3ccccc3c1)c(=O)n2C. The number of aryl methyl sites for hydroxylation is 2. The molecule has 0 fully saturated rings. The van der Waals surface area contributed by atoms with E-state index in [0.29, 0.717) is 5.69 Å². The molecule has 0 saturated heterocycles. The van der Waals surface area contributed by atoms with Gasteiger partial charge in [-0.2, -0.15) is 0 Å². The largest absolute Gasteiger partial charge is 0.332 e. The summed E-state index contributed by atoms with van der Waals surface area (Å²) in [6, 6.07) is 9.29. The zero-order valence-corrected chi connectivity index (χ0v) is 14.7. The Bertz CT molecular complexity index is 1310. The topological polar surface area (TPSA) is 104 Å². The maximum Gasteiger partial charge on any atom is 0.332 e. The summed E-state index contributed by atoms with van der Waals surface area (Å²) in [5, 5.41) is 3.56. The molecule has 4 rings (SSSR count). The molecule has 1 aromatic carbocycles. The van der Waals surface area contributed by atoms with Gasteiger partial charge in [0.1, 0.15) is 6.54 Å². The lowest BCUT2D eigenvalue weighted by Gasteiger charge is -2.09. The van der Waals surface area contributed by atoms with E-state index in [0.717, 1.165) is 15.5 Å². The molecule has 9 nitrogen and oxygen atoms in total. The highest BCUT2D eigenvalue weighted by atomic mass is 16.2. The predicted molar refractivity (Wildman–Crippen MR) is 101 cm³/mol. The van der Waals surface area contributed by atoms with E-state index in [1.165, 1.54) is 28.7 Å². The maximum atomic E-state index is 12.6. The fourth-order valence-corrected chi connectivity index (χ4v) is 3.02. The number of para-hydroxylation sites is 1. The van der Waals surface area contributed by atoms with Crippen LogP contribution in [0.15, 0.2) is 52.4 Å². The van der Waals surface area contributed by atoms with Gasteiger partial charge >= 0.3 is 5.69 Å². The first-order valence-electron chi connectivity index (χ1n) is 8.21. The molecule has 27 heavy (non-hydrogen) atoms. The van der Waals surface area contributed by atoms with Crippen LogP contribution in [0, 0.1) is 0 Å². The summed E-state index contributed by atoms with van der Waals surface area (Å²) in [6.07, 6.45) is 2.99. The van der Waals surface area contributed by atoms with Crippen LogP contribution in [-0.2, 0) is 25.4 Å². The Morgan fingerprint density at radius 2 is 1.93 bits per heavy atom. The van der Waals surface area contributed by atoms with Crippen molar-refractivity contribution in [3.8, 4) is 0 Å². The molecule has 3 aromatic heterocycles. The van der Waals surface area contributed by atoms with Crippen molar-refractivity contribution < 1.29 is 4.79 Å². The minimum Gasteiger partial charge on any atom is -0.328 e. The molecule has 0 unspecified atom stereocenters. The van der Waals surface area contributed by atoms with E-state index in [1.54, 1.807) is 13.1 Å². The van der Waals surface area contributed by atoms with Gasteiger partial charge < -0.3 is 9.88 Å². The highest BCUT2D eigenvalue weighted by Crippen LogP contribution is 2.15. The average molecular weight is 364 g/mol. The van der Waals surface area contributed by atoms with Gasteiger partial charge in [0.25, 0.3) is 5.56 Å². The number of benzene rings is 1. The van der Waals surface area contributed by atoms with E-state index in [4.69, 9.17) is 0 Å². The van der Waals surface area contributed by atoms with Crippen LogP contribution >= 0.6 is 0 Å². The van der Waals surface area contributed by atoms with Crippen LogP contribution in [0.4, 0.5) is 5.69 Å². The van der Waals surface area contributed by atoms with Crippen LogP contribution in [0.3, 0.4) is 0 Å². The molecule has 0 aliphatic carbocycles. The summed E-state index contributed by atoms with van der Waals surface area (Å²) in [4.78, 5) is 45.9. The lowest BCUT2D eigenvalue weighted by atomic mass is 10.2. The molecule has 1 amide bonds. The van der Waals surface area contributed by atoms with Gasteiger partial charge in [-0.3, -0.25) is 19.1 Å². The maximum absolute atomic E-state index is 12.6. The number of hydrogen-bond donors (Lipinski definition) is 1. The van der Waals surface area contributed by atoms with Crippen molar-refractivity contribution in [3.63, 3.8) is 0 Å². The quantitative estimate of drug-likeness (QED) is 0.574. The summed E-state index contributed by atoms with van der Waals surface area (Å²) in [5.41, 5.74) is 0.686. The Kier molecular flexibility index (Phi) is 3.84. The summed E-state index contributed by atoms with van der Waals surface area (Å²) in [5.74, 6) is -0.493. The van der Waals surface area contributed by atoms with Crippen molar-refractivity contribution in [1.29, 1.82) is 0 Å². The number of rotatable bonds is 3. The normalized spacial score (nSPS) is 11.2. The number of fused-ring (bicyclic) bond motifs is 2. The Morgan fingerprint density at radius 1 is 1.15 bits per heavy atom. The molecule has 0 saturated carbocycles. The standard InChI is InChI=1S/C18H16N6O3/c1-22-10-20-16-15(22)17(26)24(18(27)23(16)2)9-14(25)21-12-7-11-5-3-4-6-13(11)19-8-12/h3-8,10H,9H2,1-2H3,(H,21,25). The zero-order chi connectivity index (χ0) is 19.1. The van der Waals surface area contributed by atoms with E-state index in [-0.39, 0.29) is 11.2 Å². The molecule has 0 aliphatic heterocycles. The molecule has 9 heteroatoms. The monoisotopic (exact) mass is 364 g/mol. The summed E-state index contributed by atoms with van der Waals surface area (Å²) in [7, 11) is 3.17. The average Bonchev–Trinajstić information content (AvgIpc) is 3.05. The molecule has 0 aliphatic rings. The summed E-state index contributed by atoms with van der Waals surface area (Å²) < 4.78 is 3.67. The van der Waals surface area contributed by atoms with Crippen molar-refractivity contribution in [2.45, 2.75) is 6.54 Å². The number of nitrogens with one attached hydrogen (secondary N) is 1. The van der Waals surface area contributed by atoms with Crippen molar-refractivity contribution in [1.82, 2.24) is 23.7 Å².